The van der Waals surface area contributed by atoms with Gasteiger partial charge in [-0.1, -0.05) is 20.8 Å². The number of nitrogens with one attached hydrogen (secondary N) is 1. The van der Waals surface area contributed by atoms with Crippen LogP contribution in [0.3, 0.4) is 0 Å². The van der Waals surface area contributed by atoms with E-state index in [1.807, 2.05) is 4.90 Å². The first kappa shape index (κ1) is 16.1. The fraction of sp³-hybridized carbons (Fsp3) is 0.875. The number of carboxylic acid groups (broad SMARTS) is 1. The largest absolute Gasteiger partial charge is 0.481 e. The minimum Gasteiger partial charge on any atom is -0.481 e. The van der Waals surface area contributed by atoms with E-state index in [9.17, 15) is 9.59 Å². The Morgan fingerprint density at radius 2 is 1.81 bits per heavy atom. The Hall–Kier alpha value is -1.26. The normalized spacial score (nSPS) is 29.5. The fourth-order valence-electron chi connectivity index (χ4n) is 4.01. The number of piperidine rings is 1. The second-order valence-corrected chi connectivity index (χ2v) is 6.94. The highest BCUT2D eigenvalue weighted by Gasteiger charge is 2.43. The van der Waals surface area contributed by atoms with Crippen LogP contribution in [0.5, 0.6) is 0 Å². The van der Waals surface area contributed by atoms with Gasteiger partial charge in [-0.05, 0) is 43.9 Å². The molecule has 0 aliphatic carbocycles. The Morgan fingerprint density at radius 1 is 1.24 bits per heavy atom. The number of hydrogen-bond acceptors (Lipinski definition) is 2. The molecule has 2 aliphatic rings. The van der Waals surface area contributed by atoms with Gasteiger partial charge in [0.1, 0.15) is 0 Å². The number of hydrogen-bond donors (Lipinski definition) is 2. The summed E-state index contributed by atoms with van der Waals surface area (Å²) in [6, 6.07) is 0.737. The van der Waals surface area contributed by atoms with Crippen molar-refractivity contribution in [1.29, 1.82) is 0 Å². The first-order valence-corrected chi connectivity index (χ1v) is 8.23. The molecule has 2 saturated heterocycles. The van der Waals surface area contributed by atoms with Crippen molar-refractivity contribution in [3.8, 4) is 0 Å². The van der Waals surface area contributed by atoms with Crippen LogP contribution in [0.4, 0.5) is 4.79 Å². The predicted molar refractivity (Wildman–Crippen MR) is 81.1 cm³/mol. The summed E-state index contributed by atoms with van der Waals surface area (Å²) in [5, 5.41) is 12.1. The number of urea groups is 1. The van der Waals surface area contributed by atoms with E-state index < -0.39 is 5.97 Å². The topological polar surface area (TPSA) is 69.6 Å². The third-order valence-corrected chi connectivity index (χ3v) is 5.08. The lowest BCUT2D eigenvalue weighted by atomic mass is 9.88. The van der Waals surface area contributed by atoms with Crippen LogP contribution in [-0.2, 0) is 4.79 Å². The number of aliphatic carboxylic acids is 1. The van der Waals surface area contributed by atoms with Gasteiger partial charge in [0.05, 0.1) is 0 Å². The summed E-state index contributed by atoms with van der Waals surface area (Å²) in [4.78, 5) is 25.4. The monoisotopic (exact) mass is 296 g/mol. The molecule has 3 unspecified atom stereocenters. The van der Waals surface area contributed by atoms with Crippen LogP contribution < -0.4 is 5.32 Å². The van der Waals surface area contributed by atoms with Gasteiger partial charge in [0.25, 0.3) is 0 Å². The zero-order valence-electron chi connectivity index (χ0n) is 13.3. The molecule has 2 N–H and O–H groups in total. The Labute approximate surface area is 127 Å². The van der Waals surface area contributed by atoms with Crippen molar-refractivity contribution >= 4 is 12.0 Å². The number of carbonyl (C=O) groups is 2. The van der Waals surface area contributed by atoms with Crippen LogP contribution in [0.1, 0.15) is 59.3 Å². The standard InChI is InChI=1S/C16H28N2O3/c1-4-14(10(2)3)17-16(21)18-12-5-6-13(18)8-11(7-12)9-15(19)20/h10-14H,4-9H2,1-3H3,(H,17,21)(H,19,20). The molecule has 0 spiro atoms. The van der Waals surface area contributed by atoms with Crippen LogP contribution in [0.15, 0.2) is 0 Å². The van der Waals surface area contributed by atoms with Gasteiger partial charge in [-0.3, -0.25) is 4.79 Å². The smallest absolute Gasteiger partial charge is 0.318 e. The summed E-state index contributed by atoms with van der Waals surface area (Å²) >= 11 is 0. The van der Waals surface area contributed by atoms with E-state index in [2.05, 4.69) is 26.1 Å². The Bertz CT molecular complexity index is 383. The lowest BCUT2D eigenvalue weighted by Crippen LogP contribution is -2.53. The van der Waals surface area contributed by atoms with Crippen molar-refractivity contribution in [3.05, 3.63) is 0 Å². The molecule has 3 atom stereocenters. The van der Waals surface area contributed by atoms with Crippen LogP contribution >= 0.6 is 0 Å². The molecule has 5 heteroatoms. The van der Waals surface area contributed by atoms with Gasteiger partial charge in [0.2, 0.25) is 0 Å². The van der Waals surface area contributed by atoms with Crippen molar-refractivity contribution in [1.82, 2.24) is 10.2 Å². The van der Waals surface area contributed by atoms with E-state index in [1.54, 1.807) is 0 Å². The van der Waals surface area contributed by atoms with Gasteiger partial charge in [-0.25, -0.2) is 4.79 Å². The molecule has 0 saturated carbocycles. The van der Waals surface area contributed by atoms with E-state index in [-0.39, 0.29) is 36.5 Å². The number of rotatable bonds is 5. The molecule has 0 radical (unpaired) electrons. The van der Waals surface area contributed by atoms with Crippen molar-refractivity contribution in [2.24, 2.45) is 11.8 Å². The van der Waals surface area contributed by atoms with Crippen molar-refractivity contribution in [2.45, 2.75) is 77.4 Å². The number of carboxylic acids is 1. The maximum Gasteiger partial charge on any atom is 0.318 e. The van der Waals surface area contributed by atoms with E-state index >= 15 is 0 Å². The van der Waals surface area contributed by atoms with Gasteiger partial charge in [0, 0.05) is 24.5 Å². The average molecular weight is 296 g/mol. The summed E-state index contributed by atoms with van der Waals surface area (Å²) < 4.78 is 0. The minimum atomic E-state index is -0.719. The molecule has 5 nitrogen and oxygen atoms in total. The summed E-state index contributed by atoms with van der Waals surface area (Å²) in [6.45, 7) is 6.35. The molecule has 2 rings (SSSR count). The zero-order chi connectivity index (χ0) is 15.6. The maximum atomic E-state index is 12.6. The van der Waals surface area contributed by atoms with Crippen LogP contribution in [0.2, 0.25) is 0 Å². The van der Waals surface area contributed by atoms with Gasteiger partial charge in [-0.15, -0.1) is 0 Å². The average Bonchev–Trinajstić information content (AvgIpc) is 2.66. The second kappa shape index (κ2) is 6.67. The Balaban J connectivity index is 1.96. The van der Waals surface area contributed by atoms with Gasteiger partial charge < -0.3 is 15.3 Å². The molecule has 2 heterocycles. The summed E-state index contributed by atoms with van der Waals surface area (Å²) in [5.74, 6) is -0.0552. The molecule has 0 aromatic carbocycles. The highest BCUT2D eigenvalue weighted by atomic mass is 16.4. The SMILES string of the molecule is CCC(NC(=O)N1C2CCC1CC(CC(=O)O)C2)C(C)C. The van der Waals surface area contributed by atoms with E-state index in [4.69, 9.17) is 5.11 Å². The highest BCUT2D eigenvalue weighted by Crippen LogP contribution is 2.39. The van der Waals surface area contributed by atoms with Crippen molar-refractivity contribution in [2.75, 3.05) is 0 Å². The number of fused-ring (bicyclic) bond motifs is 2. The quantitative estimate of drug-likeness (QED) is 0.819. The fourth-order valence-corrected chi connectivity index (χ4v) is 4.01. The molecular weight excluding hydrogens is 268 g/mol. The molecule has 2 amide bonds. The molecule has 120 valence electrons. The molecular formula is C16H28N2O3. The molecule has 0 aromatic rings. The van der Waals surface area contributed by atoms with Crippen molar-refractivity contribution < 1.29 is 14.7 Å². The van der Waals surface area contributed by atoms with Crippen molar-refractivity contribution in [3.63, 3.8) is 0 Å². The van der Waals surface area contributed by atoms with E-state index in [0.717, 1.165) is 32.1 Å². The number of amides is 2. The molecule has 2 bridgehead atoms. The third-order valence-electron chi connectivity index (χ3n) is 5.08. The Morgan fingerprint density at radius 3 is 2.24 bits per heavy atom. The number of nitrogens with zero attached hydrogens (tertiary/aromatic N) is 1. The number of carbonyl (C=O) groups excluding carboxylic acids is 1. The van der Waals surface area contributed by atoms with Crippen LogP contribution in [-0.4, -0.2) is 40.1 Å². The first-order chi connectivity index (χ1) is 9.92. The lowest BCUT2D eigenvalue weighted by Gasteiger charge is -2.39. The second-order valence-electron chi connectivity index (χ2n) is 6.94. The first-order valence-electron chi connectivity index (χ1n) is 8.23. The molecule has 21 heavy (non-hydrogen) atoms. The molecule has 0 aromatic heterocycles. The van der Waals surface area contributed by atoms with Crippen LogP contribution in [0, 0.1) is 11.8 Å². The molecule has 2 fully saturated rings. The van der Waals surface area contributed by atoms with Gasteiger partial charge in [-0.2, -0.15) is 0 Å². The summed E-state index contributed by atoms with van der Waals surface area (Å²) in [7, 11) is 0. The lowest BCUT2D eigenvalue weighted by molar-refractivity contribution is -0.138. The summed E-state index contributed by atoms with van der Waals surface area (Å²) in [5.41, 5.74) is 0. The van der Waals surface area contributed by atoms with E-state index in [0.29, 0.717) is 5.92 Å². The highest BCUT2D eigenvalue weighted by molar-refractivity contribution is 5.76. The van der Waals surface area contributed by atoms with Crippen LogP contribution in [0.25, 0.3) is 0 Å². The predicted octanol–water partition coefficient (Wildman–Crippen LogP) is 2.85. The van der Waals surface area contributed by atoms with Gasteiger partial charge in [0.15, 0.2) is 0 Å². The third kappa shape index (κ3) is 3.69. The van der Waals surface area contributed by atoms with Gasteiger partial charge >= 0.3 is 12.0 Å². The molecule has 2 aliphatic heterocycles. The van der Waals surface area contributed by atoms with E-state index in [1.165, 1.54) is 0 Å². The maximum absolute atomic E-state index is 12.6. The Kier molecular flexibility index (Phi) is 5.12. The summed E-state index contributed by atoms with van der Waals surface area (Å²) in [6.07, 6.45) is 4.91. The zero-order valence-corrected chi connectivity index (χ0v) is 13.3. The minimum absolute atomic E-state index is 0.0526.